The number of nitrogens with one attached hydrogen (secondary N) is 3. The summed E-state index contributed by atoms with van der Waals surface area (Å²) in [5.41, 5.74) is 2.87. The van der Waals surface area contributed by atoms with Crippen LogP contribution in [0.4, 0.5) is 16.2 Å². The van der Waals surface area contributed by atoms with Crippen LogP contribution >= 0.6 is 0 Å². The number of amides is 1. The second-order valence-corrected chi connectivity index (χ2v) is 9.68. The molecule has 0 radical (unpaired) electrons. The smallest absolute Gasteiger partial charge is 0.230 e. The van der Waals surface area contributed by atoms with Crippen LogP contribution in [0.2, 0.25) is 0 Å². The van der Waals surface area contributed by atoms with E-state index in [1.807, 2.05) is 26.0 Å². The van der Waals surface area contributed by atoms with Gasteiger partial charge in [0.05, 0.1) is 11.7 Å². The number of fused-ring (bicyclic) bond motifs is 2. The average Bonchev–Trinajstić information content (AvgIpc) is 3.36. The van der Waals surface area contributed by atoms with Gasteiger partial charge in [-0.05, 0) is 37.8 Å². The summed E-state index contributed by atoms with van der Waals surface area (Å²) in [7, 11) is 0. The highest BCUT2D eigenvalue weighted by atomic mass is 19.1. The van der Waals surface area contributed by atoms with Crippen LogP contribution in [-0.2, 0) is 4.79 Å². The molecule has 1 amide bonds. The van der Waals surface area contributed by atoms with Gasteiger partial charge in [0.1, 0.15) is 12.2 Å². The second-order valence-electron chi connectivity index (χ2n) is 9.68. The Labute approximate surface area is 192 Å². The molecule has 0 aromatic carbocycles. The van der Waals surface area contributed by atoms with Gasteiger partial charge in [0.15, 0.2) is 11.4 Å². The Balaban J connectivity index is 1.32. The molecule has 9 heteroatoms. The molecule has 3 N–H and O–H groups in total. The Bertz CT molecular complexity index is 1100. The summed E-state index contributed by atoms with van der Waals surface area (Å²) < 4.78 is 18.1. The third kappa shape index (κ3) is 4.21. The predicted molar refractivity (Wildman–Crippen MR) is 125 cm³/mol. The number of nitrogens with zero attached hydrogens (tertiary/aromatic N) is 3. The molecule has 0 spiro atoms. The van der Waals surface area contributed by atoms with Gasteiger partial charge < -0.3 is 25.3 Å². The number of aromatic nitrogens is 2. The molecule has 4 heterocycles. The highest BCUT2D eigenvalue weighted by Crippen LogP contribution is 2.42. The lowest BCUT2D eigenvalue weighted by atomic mass is 9.76. The van der Waals surface area contributed by atoms with E-state index >= 15 is 0 Å². The van der Waals surface area contributed by atoms with E-state index in [4.69, 9.17) is 9.40 Å². The fourth-order valence-corrected chi connectivity index (χ4v) is 5.01. The quantitative estimate of drug-likeness (QED) is 0.552. The van der Waals surface area contributed by atoms with Crippen molar-refractivity contribution in [2.24, 2.45) is 17.3 Å². The zero-order chi connectivity index (χ0) is 23.0. The third-order valence-corrected chi connectivity index (χ3v) is 7.13. The summed E-state index contributed by atoms with van der Waals surface area (Å²) in [6.45, 7) is 6.65. The minimum atomic E-state index is -0.402. The molecule has 176 valence electrons. The monoisotopic (exact) mass is 454 g/mol. The third-order valence-electron chi connectivity index (χ3n) is 7.13. The fourth-order valence-electron chi connectivity index (χ4n) is 5.01. The standard InChI is InChI=1S/C24H31FN6O2/c1-24(2)17-4-3-16(13-19(17)28-22(24)32)27-23-29-18-7-12-33-20(18)21(30-23)31-10-5-15(6-11-31)14-26-9-8-25/h3,7,12-13,15,17,26H,4-6,8-11,14H2,1-2H3,(H,28,32)(H,27,29,30). The highest BCUT2D eigenvalue weighted by molar-refractivity contribution is 5.88. The molecule has 3 aliphatic rings. The van der Waals surface area contributed by atoms with Gasteiger partial charge in [0.25, 0.3) is 0 Å². The number of allylic oxidation sites excluding steroid dienone is 3. The summed E-state index contributed by atoms with van der Waals surface area (Å²) in [4.78, 5) is 24.0. The van der Waals surface area contributed by atoms with Crippen LogP contribution < -0.4 is 20.9 Å². The molecular weight excluding hydrogens is 423 g/mol. The van der Waals surface area contributed by atoms with E-state index < -0.39 is 5.41 Å². The molecule has 2 fully saturated rings. The zero-order valence-corrected chi connectivity index (χ0v) is 19.2. The Kier molecular flexibility index (Phi) is 5.82. The lowest BCUT2D eigenvalue weighted by molar-refractivity contribution is -0.127. The number of hydrogen-bond acceptors (Lipinski definition) is 7. The number of carbonyl (C=O) groups is 1. The topological polar surface area (TPSA) is 95.3 Å². The molecule has 2 aliphatic heterocycles. The molecule has 2 saturated heterocycles. The molecule has 0 bridgehead atoms. The predicted octanol–water partition coefficient (Wildman–Crippen LogP) is 3.35. The van der Waals surface area contributed by atoms with E-state index in [1.54, 1.807) is 6.26 Å². The zero-order valence-electron chi connectivity index (χ0n) is 19.2. The first-order valence-electron chi connectivity index (χ1n) is 11.7. The molecule has 0 saturated carbocycles. The van der Waals surface area contributed by atoms with Crippen LogP contribution in [0.15, 0.2) is 40.3 Å². The highest BCUT2D eigenvalue weighted by Gasteiger charge is 2.45. The molecule has 33 heavy (non-hydrogen) atoms. The molecule has 1 aliphatic carbocycles. The van der Waals surface area contributed by atoms with E-state index in [9.17, 15) is 9.18 Å². The van der Waals surface area contributed by atoms with Crippen LogP contribution in [0, 0.1) is 17.3 Å². The Morgan fingerprint density at radius 2 is 2.12 bits per heavy atom. The first-order valence-corrected chi connectivity index (χ1v) is 11.7. The van der Waals surface area contributed by atoms with Crippen molar-refractivity contribution in [1.82, 2.24) is 20.6 Å². The first-order chi connectivity index (χ1) is 16.0. The van der Waals surface area contributed by atoms with Gasteiger partial charge >= 0.3 is 0 Å². The molecule has 8 nitrogen and oxygen atoms in total. The maximum absolute atomic E-state index is 12.3. The maximum Gasteiger partial charge on any atom is 0.230 e. The van der Waals surface area contributed by atoms with Gasteiger partial charge in [-0.25, -0.2) is 9.37 Å². The number of alkyl halides is 1. The van der Waals surface area contributed by atoms with Gasteiger partial charge in [0.2, 0.25) is 11.9 Å². The van der Waals surface area contributed by atoms with Gasteiger partial charge in [-0.15, -0.1) is 0 Å². The number of hydrogen-bond donors (Lipinski definition) is 3. The molecular formula is C24H31FN6O2. The lowest BCUT2D eigenvalue weighted by Crippen LogP contribution is -2.38. The van der Waals surface area contributed by atoms with Gasteiger partial charge in [-0.3, -0.25) is 4.79 Å². The van der Waals surface area contributed by atoms with Gasteiger partial charge in [0, 0.05) is 43.0 Å². The number of furan rings is 1. The van der Waals surface area contributed by atoms with Crippen molar-refractivity contribution in [2.75, 3.05) is 43.1 Å². The number of anilines is 2. The summed E-state index contributed by atoms with van der Waals surface area (Å²) in [6.07, 6.45) is 8.55. The van der Waals surface area contributed by atoms with Crippen molar-refractivity contribution in [1.29, 1.82) is 0 Å². The van der Waals surface area contributed by atoms with Crippen molar-refractivity contribution in [3.05, 3.63) is 35.9 Å². The Morgan fingerprint density at radius 1 is 1.30 bits per heavy atom. The van der Waals surface area contributed by atoms with Crippen molar-refractivity contribution in [3.8, 4) is 0 Å². The van der Waals surface area contributed by atoms with E-state index in [0.717, 1.165) is 61.6 Å². The van der Waals surface area contributed by atoms with E-state index in [1.165, 1.54) is 0 Å². The number of piperidine rings is 1. The SMILES string of the molecule is CC1(C)C(=O)NC2=CC(Nc3nc(N4CCC(CNCCF)CC4)c4occc4n3)=CCC21. The van der Waals surface area contributed by atoms with Crippen LogP contribution in [0.3, 0.4) is 0 Å². The Hall–Kier alpha value is -2.94. The maximum atomic E-state index is 12.3. The normalized spacial score (nSPS) is 22.7. The number of rotatable bonds is 7. The minimum Gasteiger partial charge on any atom is -0.459 e. The van der Waals surface area contributed by atoms with Crippen LogP contribution in [0.25, 0.3) is 11.1 Å². The first kappa shape index (κ1) is 21.9. The largest absolute Gasteiger partial charge is 0.459 e. The van der Waals surface area contributed by atoms with E-state index in [-0.39, 0.29) is 18.5 Å². The van der Waals surface area contributed by atoms with Gasteiger partial charge in [-0.2, -0.15) is 4.98 Å². The van der Waals surface area contributed by atoms with E-state index in [0.29, 0.717) is 24.0 Å². The van der Waals surface area contributed by atoms with Crippen LogP contribution in [0.1, 0.15) is 33.1 Å². The fraction of sp³-hybridized carbons (Fsp3) is 0.542. The summed E-state index contributed by atoms with van der Waals surface area (Å²) >= 11 is 0. The van der Waals surface area contributed by atoms with Crippen molar-refractivity contribution < 1.29 is 13.6 Å². The van der Waals surface area contributed by atoms with Crippen LogP contribution in [0.5, 0.6) is 0 Å². The van der Waals surface area contributed by atoms with E-state index in [2.05, 4.69) is 31.9 Å². The minimum absolute atomic E-state index is 0.0649. The number of halogens is 1. The van der Waals surface area contributed by atoms with Crippen molar-refractivity contribution in [2.45, 2.75) is 33.1 Å². The molecule has 1 atom stereocenters. The average molecular weight is 455 g/mol. The van der Waals surface area contributed by atoms with Crippen LogP contribution in [-0.4, -0.2) is 48.7 Å². The summed E-state index contributed by atoms with van der Waals surface area (Å²) in [5, 5.41) is 9.54. The molecule has 2 aromatic heterocycles. The summed E-state index contributed by atoms with van der Waals surface area (Å²) in [5.74, 6) is 2.08. The van der Waals surface area contributed by atoms with Gasteiger partial charge in [-0.1, -0.05) is 19.9 Å². The molecule has 5 rings (SSSR count). The summed E-state index contributed by atoms with van der Waals surface area (Å²) in [6, 6.07) is 1.85. The number of carbonyl (C=O) groups excluding carboxylic acids is 1. The lowest BCUT2D eigenvalue weighted by Gasteiger charge is -2.33. The second kappa shape index (κ2) is 8.78. The Morgan fingerprint density at radius 3 is 2.91 bits per heavy atom. The molecule has 1 unspecified atom stereocenters. The molecule has 2 aromatic rings. The van der Waals surface area contributed by atoms with Crippen molar-refractivity contribution in [3.63, 3.8) is 0 Å². The van der Waals surface area contributed by atoms with Crippen molar-refractivity contribution >= 4 is 28.8 Å².